The minimum absolute atomic E-state index is 0.134. The third-order valence-corrected chi connectivity index (χ3v) is 7.15. The van der Waals surface area contributed by atoms with Crippen molar-refractivity contribution in [3.8, 4) is 5.75 Å². The quantitative estimate of drug-likeness (QED) is 0.303. The molecule has 2 aliphatic rings. The van der Waals surface area contributed by atoms with E-state index in [1.165, 1.54) is 5.56 Å². The maximum atomic E-state index is 13.4. The summed E-state index contributed by atoms with van der Waals surface area (Å²) in [4.78, 5) is 30.6. The van der Waals surface area contributed by atoms with E-state index >= 15 is 0 Å². The highest BCUT2D eigenvalue weighted by molar-refractivity contribution is 6.46. The van der Waals surface area contributed by atoms with Gasteiger partial charge in [-0.05, 0) is 54.2 Å². The molecule has 4 rings (SSSR count). The molecule has 1 atom stereocenters. The second-order valence-electron chi connectivity index (χ2n) is 10.1. The molecule has 0 saturated carbocycles. The lowest BCUT2D eigenvalue weighted by Gasteiger charge is -2.31. The molecular formula is C30H38N2O5. The number of carbonyl (C=O) groups excluding carboxylic acids is 2. The van der Waals surface area contributed by atoms with Crippen LogP contribution >= 0.6 is 0 Å². The van der Waals surface area contributed by atoms with Gasteiger partial charge in [0.15, 0.2) is 0 Å². The predicted molar refractivity (Wildman–Crippen MR) is 144 cm³/mol. The van der Waals surface area contributed by atoms with E-state index in [1.54, 1.807) is 17.0 Å². The highest BCUT2D eigenvalue weighted by Gasteiger charge is 2.46. The van der Waals surface area contributed by atoms with Crippen molar-refractivity contribution in [2.75, 3.05) is 46.0 Å². The molecule has 2 fully saturated rings. The second-order valence-corrected chi connectivity index (χ2v) is 10.1. The monoisotopic (exact) mass is 506 g/mol. The number of aliphatic hydroxyl groups excluding tert-OH is 1. The normalized spacial score (nSPS) is 20.1. The van der Waals surface area contributed by atoms with Crippen molar-refractivity contribution in [1.29, 1.82) is 0 Å². The van der Waals surface area contributed by atoms with Gasteiger partial charge in [-0.3, -0.25) is 14.5 Å². The lowest BCUT2D eigenvalue weighted by molar-refractivity contribution is -0.140. The van der Waals surface area contributed by atoms with Gasteiger partial charge in [-0.2, -0.15) is 0 Å². The number of hydrogen-bond acceptors (Lipinski definition) is 6. The molecule has 0 aromatic heterocycles. The highest BCUT2D eigenvalue weighted by atomic mass is 16.5. The summed E-state index contributed by atoms with van der Waals surface area (Å²) < 4.78 is 11.2. The van der Waals surface area contributed by atoms with Crippen molar-refractivity contribution < 1.29 is 24.2 Å². The summed E-state index contributed by atoms with van der Waals surface area (Å²) in [5, 5.41) is 11.5. The van der Waals surface area contributed by atoms with Gasteiger partial charge in [0.05, 0.1) is 31.4 Å². The Kier molecular flexibility index (Phi) is 8.67. The first-order chi connectivity index (χ1) is 17.8. The molecule has 2 saturated heterocycles. The second kappa shape index (κ2) is 11.9. The number of ether oxygens (including phenoxy) is 2. The SMILES string of the molecule is CCCOc1ccc(C(O)=C2C(=O)C(=O)N(CCN3CCOCC3)[C@H]2c2ccc(C(C)C)cc2)c(C)c1. The summed E-state index contributed by atoms with van der Waals surface area (Å²) in [5.41, 5.74) is 3.42. The first-order valence-electron chi connectivity index (χ1n) is 13.2. The maximum absolute atomic E-state index is 13.4. The van der Waals surface area contributed by atoms with Gasteiger partial charge >= 0.3 is 0 Å². The molecule has 2 heterocycles. The molecule has 0 spiro atoms. The van der Waals surface area contributed by atoms with Crippen molar-refractivity contribution in [1.82, 2.24) is 9.80 Å². The molecule has 1 amide bonds. The third kappa shape index (κ3) is 5.89. The lowest BCUT2D eigenvalue weighted by atomic mass is 9.92. The molecule has 0 unspecified atom stereocenters. The number of likely N-dealkylation sites (tertiary alicyclic amines) is 1. The Morgan fingerprint density at radius 2 is 1.78 bits per heavy atom. The molecule has 2 aromatic carbocycles. The molecule has 2 aromatic rings. The number of nitrogens with zero attached hydrogens (tertiary/aromatic N) is 2. The molecular weight excluding hydrogens is 468 g/mol. The summed E-state index contributed by atoms with van der Waals surface area (Å²) in [6, 6.07) is 12.8. The fourth-order valence-corrected chi connectivity index (χ4v) is 4.95. The van der Waals surface area contributed by atoms with E-state index in [1.807, 2.05) is 44.2 Å². The molecule has 37 heavy (non-hydrogen) atoms. The van der Waals surface area contributed by atoms with Crippen LogP contribution in [0.4, 0.5) is 0 Å². The zero-order valence-corrected chi connectivity index (χ0v) is 22.3. The van der Waals surface area contributed by atoms with Crippen LogP contribution in [0.25, 0.3) is 5.76 Å². The molecule has 1 N–H and O–H groups in total. The number of hydrogen-bond donors (Lipinski definition) is 1. The van der Waals surface area contributed by atoms with Crippen molar-refractivity contribution >= 4 is 17.4 Å². The third-order valence-electron chi connectivity index (χ3n) is 7.15. The average Bonchev–Trinajstić information content (AvgIpc) is 3.16. The van der Waals surface area contributed by atoms with Crippen LogP contribution in [0.2, 0.25) is 0 Å². The summed E-state index contributed by atoms with van der Waals surface area (Å²) in [6.07, 6.45) is 0.893. The van der Waals surface area contributed by atoms with Gasteiger partial charge in [0, 0.05) is 31.7 Å². The molecule has 2 aliphatic heterocycles. The van der Waals surface area contributed by atoms with Gasteiger partial charge in [-0.15, -0.1) is 0 Å². The van der Waals surface area contributed by atoms with Gasteiger partial charge < -0.3 is 19.5 Å². The summed E-state index contributed by atoms with van der Waals surface area (Å²) in [5.74, 6) is -0.304. The number of carbonyl (C=O) groups is 2. The maximum Gasteiger partial charge on any atom is 0.295 e. The van der Waals surface area contributed by atoms with Gasteiger partial charge in [-0.1, -0.05) is 45.0 Å². The Hall–Kier alpha value is -3.16. The standard InChI is InChI=1S/C30H38N2O5/c1-5-16-37-24-10-11-25(21(4)19-24)28(33)26-27(23-8-6-22(7-9-23)20(2)3)32(30(35)29(26)34)13-12-31-14-17-36-18-15-31/h6-11,19-20,27,33H,5,12-18H2,1-4H3/t27-/m0/s1. The zero-order chi connectivity index (χ0) is 26.5. The molecule has 7 heteroatoms. The Bertz CT molecular complexity index is 1150. The van der Waals surface area contributed by atoms with E-state index in [2.05, 4.69) is 18.7 Å². The smallest absolute Gasteiger partial charge is 0.295 e. The molecule has 198 valence electrons. The highest BCUT2D eigenvalue weighted by Crippen LogP contribution is 2.40. The molecule has 0 bridgehead atoms. The van der Waals surface area contributed by atoms with Crippen LogP contribution in [0.5, 0.6) is 5.75 Å². The van der Waals surface area contributed by atoms with Crippen molar-refractivity contribution in [3.05, 3.63) is 70.3 Å². The van der Waals surface area contributed by atoms with Gasteiger partial charge in [0.1, 0.15) is 11.5 Å². The average molecular weight is 507 g/mol. The largest absolute Gasteiger partial charge is 0.507 e. The number of aryl methyl sites for hydroxylation is 1. The van der Waals surface area contributed by atoms with E-state index in [0.717, 1.165) is 30.6 Å². The van der Waals surface area contributed by atoms with Crippen LogP contribution < -0.4 is 4.74 Å². The predicted octanol–water partition coefficient (Wildman–Crippen LogP) is 4.66. The number of rotatable bonds is 9. The molecule has 7 nitrogen and oxygen atoms in total. The van der Waals surface area contributed by atoms with Crippen molar-refractivity contribution in [2.24, 2.45) is 0 Å². The first kappa shape index (κ1) is 26.9. The van der Waals surface area contributed by atoms with Crippen LogP contribution in [-0.2, 0) is 14.3 Å². The fraction of sp³-hybridized carbons (Fsp3) is 0.467. The topological polar surface area (TPSA) is 79.3 Å². The zero-order valence-electron chi connectivity index (χ0n) is 22.3. The van der Waals surface area contributed by atoms with E-state index in [9.17, 15) is 14.7 Å². The fourth-order valence-electron chi connectivity index (χ4n) is 4.95. The van der Waals surface area contributed by atoms with Crippen LogP contribution in [0.3, 0.4) is 0 Å². The minimum Gasteiger partial charge on any atom is -0.507 e. The van der Waals surface area contributed by atoms with Crippen LogP contribution in [0, 0.1) is 6.92 Å². The number of morpholine rings is 1. The van der Waals surface area contributed by atoms with E-state index in [-0.39, 0.29) is 11.3 Å². The number of aliphatic hydroxyl groups is 1. The van der Waals surface area contributed by atoms with E-state index in [0.29, 0.717) is 50.1 Å². The Morgan fingerprint density at radius 3 is 2.41 bits per heavy atom. The van der Waals surface area contributed by atoms with Crippen molar-refractivity contribution in [3.63, 3.8) is 0 Å². The van der Waals surface area contributed by atoms with Gasteiger partial charge in [0.2, 0.25) is 0 Å². The summed E-state index contributed by atoms with van der Waals surface area (Å²) >= 11 is 0. The van der Waals surface area contributed by atoms with Crippen LogP contribution in [0.15, 0.2) is 48.0 Å². The number of benzene rings is 2. The summed E-state index contributed by atoms with van der Waals surface area (Å²) in [6.45, 7) is 12.7. The van der Waals surface area contributed by atoms with E-state index in [4.69, 9.17) is 9.47 Å². The van der Waals surface area contributed by atoms with Crippen molar-refractivity contribution in [2.45, 2.75) is 46.1 Å². The minimum atomic E-state index is -0.655. The molecule has 0 aliphatic carbocycles. The number of Topliss-reactive ketones (excluding diaryl/α,β-unsaturated/α-hetero) is 1. The Morgan fingerprint density at radius 1 is 1.08 bits per heavy atom. The first-order valence-corrected chi connectivity index (χ1v) is 13.2. The van der Waals surface area contributed by atoms with Crippen LogP contribution in [-0.4, -0.2) is 72.6 Å². The van der Waals surface area contributed by atoms with Gasteiger partial charge in [-0.25, -0.2) is 0 Å². The lowest BCUT2D eigenvalue weighted by Crippen LogP contribution is -2.42. The van der Waals surface area contributed by atoms with Gasteiger partial charge in [0.25, 0.3) is 11.7 Å². The van der Waals surface area contributed by atoms with Crippen LogP contribution in [0.1, 0.15) is 61.4 Å². The number of amides is 1. The van der Waals surface area contributed by atoms with E-state index < -0.39 is 17.7 Å². The summed E-state index contributed by atoms with van der Waals surface area (Å²) in [7, 11) is 0. The Balaban J connectivity index is 1.73. The Labute approximate surface area is 219 Å². The molecule has 0 radical (unpaired) electrons. The number of ketones is 1.